The van der Waals surface area contributed by atoms with Crippen molar-refractivity contribution in [3.63, 3.8) is 0 Å². The highest BCUT2D eigenvalue weighted by Crippen LogP contribution is 2.25. The van der Waals surface area contributed by atoms with Crippen molar-refractivity contribution >= 4 is 27.4 Å². The minimum atomic E-state index is -0.383. The van der Waals surface area contributed by atoms with Gasteiger partial charge in [-0.2, -0.15) is 0 Å². The summed E-state index contributed by atoms with van der Waals surface area (Å²) >= 11 is 1.44. The highest BCUT2D eigenvalue weighted by atomic mass is 32.1. The van der Waals surface area contributed by atoms with E-state index in [-0.39, 0.29) is 5.63 Å². The second-order valence-corrected chi connectivity index (χ2v) is 5.81. The summed E-state index contributed by atoms with van der Waals surface area (Å²) < 4.78 is 10.6. The molecule has 0 aliphatic carbocycles. The summed E-state index contributed by atoms with van der Waals surface area (Å²) in [6, 6.07) is 13.0. The zero-order valence-corrected chi connectivity index (χ0v) is 12.8. The van der Waals surface area contributed by atoms with Gasteiger partial charge in [0.1, 0.15) is 11.3 Å². The fourth-order valence-corrected chi connectivity index (χ4v) is 3.00. The molecule has 6 heteroatoms. The van der Waals surface area contributed by atoms with Gasteiger partial charge < -0.3 is 14.2 Å². The maximum atomic E-state index is 12.2. The smallest absolute Gasteiger partial charge is 0.345 e. The van der Waals surface area contributed by atoms with Crippen LogP contribution in [-0.4, -0.2) is 4.98 Å². The molecule has 0 saturated heterocycles. The first-order valence-electron chi connectivity index (χ1n) is 7.05. The Kier molecular flexibility index (Phi) is 3.44. The summed E-state index contributed by atoms with van der Waals surface area (Å²) in [6.45, 7) is 0.548. The van der Waals surface area contributed by atoms with Crippen LogP contribution < -0.4 is 10.9 Å². The van der Waals surface area contributed by atoms with Gasteiger partial charge in [0, 0.05) is 10.8 Å². The van der Waals surface area contributed by atoms with Crippen molar-refractivity contribution in [1.29, 1.82) is 0 Å². The first kappa shape index (κ1) is 13.8. The number of nitrogens with zero attached hydrogens (tertiary/aromatic N) is 1. The van der Waals surface area contributed by atoms with Gasteiger partial charge in [0.15, 0.2) is 5.13 Å². The molecule has 0 spiro atoms. The van der Waals surface area contributed by atoms with Gasteiger partial charge in [-0.15, -0.1) is 11.3 Å². The summed E-state index contributed by atoms with van der Waals surface area (Å²) in [4.78, 5) is 16.6. The molecule has 0 aliphatic rings. The molecule has 1 aromatic carbocycles. The second kappa shape index (κ2) is 5.73. The Bertz CT molecular complexity index is 1000. The molecule has 114 valence electrons. The molecule has 23 heavy (non-hydrogen) atoms. The van der Waals surface area contributed by atoms with Crippen molar-refractivity contribution in [3.05, 3.63) is 70.3 Å². The fraction of sp³-hybridized carbons (Fsp3) is 0.0588. The van der Waals surface area contributed by atoms with Crippen molar-refractivity contribution in [1.82, 2.24) is 4.98 Å². The molecule has 5 nitrogen and oxygen atoms in total. The van der Waals surface area contributed by atoms with Crippen LogP contribution in [-0.2, 0) is 6.54 Å². The van der Waals surface area contributed by atoms with Gasteiger partial charge in [-0.05, 0) is 24.3 Å². The number of para-hydroxylation sites is 1. The normalized spacial score (nSPS) is 11.0. The Labute approximate surface area is 135 Å². The van der Waals surface area contributed by atoms with E-state index in [9.17, 15) is 4.79 Å². The average Bonchev–Trinajstić information content (AvgIpc) is 3.24. The van der Waals surface area contributed by atoms with E-state index in [1.54, 1.807) is 12.3 Å². The zero-order valence-electron chi connectivity index (χ0n) is 12.0. The van der Waals surface area contributed by atoms with E-state index in [2.05, 4.69) is 10.3 Å². The van der Waals surface area contributed by atoms with Crippen LogP contribution in [0.4, 0.5) is 5.13 Å². The van der Waals surface area contributed by atoms with E-state index in [0.29, 0.717) is 23.4 Å². The molecular weight excluding hydrogens is 312 g/mol. The number of anilines is 1. The topological polar surface area (TPSA) is 68.3 Å². The van der Waals surface area contributed by atoms with Gasteiger partial charge in [0.25, 0.3) is 0 Å². The average molecular weight is 324 g/mol. The molecule has 0 saturated carbocycles. The molecule has 0 radical (unpaired) electrons. The third-order valence-electron chi connectivity index (χ3n) is 3.42. The molecular formula is C17H12N2O3S. The van der Waals surface area contributed by atoms with Gasteiger partial charge in [-0.1, -0.05) is 18.2 Å². The predicted octanol–water partition coefficient (Wildman–Crippen LogP) is 4.12. The number of aromatic nitrogens is 1. The monoisotopic (exact) mass is 324 g/mol. The molecule has 3 heterocycles. The summed E-state index contributed by atoms with van der Waals surface area (Å²) in [7, 11) is 0. The number of thiazole rings is 1. The summed E-state index contributed by atoms with van der Waals surface area (Å²) in [5.74, 6) is 0.826. The Morgan fingerprint density at radius 3 is 2.96 bits per heavy atom. The summed E-state index contributed by atoms with van der Waals surface area (Å²) in [5, 5.41) is 6.61. The van der Waals surface area contributed by atoms with Gasteiger partial charge >= 0.3 is 5.63 Å². The largest absolute Gasteiger partial charge is 0.467 e. The Morgan fingerprint density at radius 1 is 1.17 bits per heavy atom. The molecule has 3 aromatic heterocycles. The van der Waals surface area contributed by atoms with Gasteiger partial charge in [0.2, 0.25) is 0 Å². The molecule has 0 bridgehead atoms. The van der Waals surface area contributed by atoms with E-state index in [1.807, 2.05) is 41.8 Å². The molecule has 4 aromatic rings. The van der Waals surface area contributed by atoms with Gasteiger partial charge in [0.05, 0.1) is 24.1 Å². The minimum absolute atomic E-state index is 0.383. The second-order valence-electron chi connectivity index (χ2n) is 4.96. The van der Waals surface area contributed by atoms with E-state index >= 15 is 0 Å². The standard InChI is InChI=1S/C17H12N2O3S/c20-16-13(8-11-4-1-2-6-15(11)22-16)14-10-23-17(19-14)18-9-12-5-3-7-21-12/h1-8,10H,9H2,(H,18,19). The maximum absolute atomic E-state index is 12.2. The summed E-state index contributed by atoms with van der Waals surface area (Å²) in [5.41, 5.74) is 1.27. The number of hydrogen-bond donors (Lipinski definition) is 1. The Balaban J connectivity index is 1.63. The molecule has 1 N–H and O–H groups in total. The number of furan rings is 1. The third kappa shape index (κ3) is 2.76. The quantitative estimate of drug-likeness (QED) is 0.572. The number of nitrogens with one attached hydrogen (secondary N) is 1. The number of rotatable bonds is 4. The van der Waals surface area contributed by atoms with Crippen LogP contribution in [0.1, 0.15) is 5.76 Å². The van der Waals surface area contributed by atoms with Gasteiger partial charge in [-0.25, -0.2) is 9.78 Å². The van der Waals surface area contributed by atoms with Crippen molar-refractivity contribution in [2.45, 2.75) is 6.54 Å². The van der Waals surface area contributed by atoms with Crippen LogP contribution in [0.2, 0.25) is 0 Å². The number of benzene rings is 1. The Hall–Kier alpha value is -2.86. The number of fused-ring (bicyclic) bond motifs is 1. The lowest BCUT2D eigenvalue weighted by atomic mass is 10.1. The molecule has 0 unspecified atom stereocenters. The Morgan fingerprint density at radius 2 is 2.09 bits per heavy atom. The van der Waals surface area contributed by atoms with Crippen LogP contribution in [0, 0.1) is 0 Å². The van der Waals surface area contributed by atoms with E-state index in [1.165, 1.54) is 11.3 Å². The predicted molar refractivity (Wildman–Crippen MR) is 89.6 cm³/mol. The lowest BCUT2D eigenvalue weighted by Crippen LogP contribution is -2.03. The van der Waals surface area contributed by atoms with Crippen LogP contribution in [0.5, 0.6) is 0 Å². The highest BCUT2D eigenvalue weighted by Gasteiger charge is 2.11. The maximum Gasteiger partial charge on any atom is 0.345 e. The van der Waals surface area contributed by atoms with Crippen molar-refractivity contribution in [2.24, 2.45) is 0 Å². The van der Waals surface area contributed by atoms with Crippen LogP contribution in [0.25, 0.3) is 22.2 Å². The SMILES string of the molecule is O=c1oc2ccccc2cc1-c1csc(NCc2ccco2)n1. The molecule has 0 atom stereocenters. The third-order valence-corrected chi connectivity index (χ3v) is 4.22. The van der Waals surface area contributed by atoms with Crippen molar-refractivity contribution < 1.29 is 8.83 Å². The van der Waals surface area contributed by atoms with Crippen LogP contribution in [0.3, 0.4) is 0 Å². The first-order valence-corrected chi connectivity index (χ1v) is 7.92. The van der Waals surface area contributed by atoms with Crippen molar-refractivity contribution in [3.8, 4) is 11.3 Å². The molecule has 0 fully saturated rings. The van der Waals surface area contributed by atoms with E-state index in [4.69, 9.17) is 8.83 Å². The number of hydrogen-bond acceptors (Lipinski definition) is 6. The molecule has 4 rings (SSSR count). The van der Waals surface area contributed by atoms with E-state index in [0.717, 1.165) is 16.3 Å². The van der Waals surface area contributed by atoms with Crippen LogP contribution >= 0.6 is 11.3 Å². The van der Waals surface area contributed by atoms with Gasteiger partial charge in [-0.3, -0.25) is 0 Å². The van der Waals surface area contributed by atoms with E-state index < -0.39 is 0 Å². The lowest BCUT2D eigenvalue weighted by Gasteiger charge is -2.00. The van der Waals surface area contributed by atoms with Crippen molar-refractivity contribution in [2.75, 3.05) is 5.32 Å². The fourth-order valence-electron chi connectivity index (χ4n) is 2.30. The molecule has 0 aliphatic heterocycles. The highest BCUT2D eigenvalue weighted by molar-refractivity contribution is 7.14. The molecule has 0 amide bonds. The minimum Gasteiger partial charge on any atom is -0.467 e. The first-order chi connectivity index (χ1) is 11.3. The van der Waals surface area contributed by atoms with Crippen LogP contribution in [0.15, 0.2) is 67.7 Å². The zero-order chi connectivity index (χ0) is 15.6. The lowest BCUT2D eigenvalue weighted by molar-refractivity contribution is 0.518. The summed E-state index contributed by atoms with van der Waals surface area (Å²) in [6.07, 6.45) is 1.63.